The second-order valence-electron chi connectivity index (χ2n) is 6.94. The summed E-state index contributed by atoms with van der Waals surface area (Å²) in [5, 5.41) is 3.57. The van der Waals surface area contributed by atoms with E-state index in [0.29, 0.717) is 29.4 Å². The van der Waals surface area contributed by atoms with Gasteiger partial charge in [-0.1, -0.05) is 23.8 Å². The van der Waals surface area contributed by atoms with E-state index in [4.69, 9.17) is 22.1 Å². The fraction of sp³-hybridized carbons (Fsp3) is 0.300. The smallest absolute Gasteiger partial charge is 0.283 e. The van der Waals surface area contributed by atoms with Crippen molar-refractivity contribution in [2.24, 2.45) is 16.6 Å². The zero-order valence-electron chi connectivity index (χ0n) is 15.2. The van der Waals surface area contributed by atoms with Crippen LogP contribution >= 0.6 is 11.6 Å². The summed E-state index contributed by atoms with van der Waals surface area (Å²) in [5.41, 5.74) is 4.45. The molecule has 3 atom stereocenters. The van der Waals surface area contributed by atoms with Gasteiger partial charge in [0.1, 0.15) is 11.9 Å². The Morgan fingerprint density at radius 3 is 2.86 bits per heavy atom. The molecule has 0 radical (unpaired) electrons. The summed E-state index contributed by atoms with van der Waals surface area (Å²) in [4.78, 5) is 8.10. The van der Waals surface area contributed by atoms with Crippen molar-refractivity contribution in [3.63, 3.8) is 0 Å². The van der Waals surface area contributed by atoms with Crippen molar-refractivity contribution in [3.8, 4) is 0 Å². The second-order valence-corrected chi connectivity index (χ2v) is 7.37. The highest BCUT2D eigenvalue weighted by Crippen LogP contribution is 2.49. The van der Waals surface area contributed by atoms with Crippen molar-refractivity contribution in [1.29, 1.82) is 0 Å². The predicted molar refractivity (Wildman–Crippen MR) is 104 cm³/mol. The van der Waals surface area contributed by atoms with E-state index in [1.807, 2.05) is 0 Å². The predicted octanol–water partition coefficient (Wildman–Crippen LogP) is 4.24. The fourth-order valence-corrected chi connectivity index (χ4v) is 3.93. The number of ether oxygens (including phenoxy) is 1. The number of anilines is 1. The molecule has 4 rings (SSSR count). The third kappa shape index (κ3) is 3.53. The largest absolute Gasteiger partial charge is 0.461 e. The number of rotatable bonds is 5. The van der Waals surface area contributed by atoms with E-state index in [-0.39, 0.29) is 11.6 Å². The lowest BCUT2D eigenvalue weighted by Crippen LogP contribution is -2.51. The van der Waals surface area contributed by atoms with Crippen molar-refractivity contribution in [2.45, 2.75) is 31.0 Å². The Morgan fingerprint density at radius 2 is 2.14 bits per heavy atom. The molecule has 0 fully saturated rings. The van der Waals surface area contributed by atoms with Crippen LogP contribution in [-0.4, -0.2) is 23.5 Å². The van der Waals surface area contributed by atoms with Gasteiger partial charge in [0.15, 0.2) is 5.54 Å². The average molecular weight is 423 g/mol. The number of nitrogens with one attached hydrogen (secondary N) is 1. The molecule has 1 aromatic heterocycles. The molecule has 2 heterocycles. The van der Waals surface area contributed by atoms with Gasteiger partial charge in [0.25, 0.3) is 12.4 Å². The molecule has 1 aromatic carbocycles. The summed E-state index contributed by atoms with van der Waals surface area (Å²) in [5.74, 6) is -1.60. The van der Waals surface area contributed by atoms with Gasteiger partial charge >= 0.3 is 0 Å². The van der Waals surface area contributed by atoms with Gasteiger partial charge in [0, 0.05) is 29.8 Å². The minimum Gasteiger partial charge on any atom is -0.461 e. The van der Waals surface area contributed by atoms with Gasteiger partial charge < -0.3 is 15.8 Å². The van der Waals surface area contributed by atoms with Crippen molar-refractivity contribution < 1.29 is 17.9 Å². The van der Waals surface area contributed by atoms with Gasteiger partial charge in [-0.15, -0.1) is 0 Å². The lowest BCUT2D eigenvalue weighted by atomic mass is 9.76. The van der Waals surface area contributed by atoms with Crippen LogP contribution in [0.3, 0.4) is 0 Å². The van der Waals surface area contributed by atoms with Gasteiger partial charge in [-0.25, -0.2) is 18.2 Å². The third-order valence-electron chi connectivity index (χ3n) is 5.18. The van der Waals surface area contributed by atoms with Gasteiger partial charge in [-0.3, -0.25) is 4.98 Å². The summed E-state index contributed by atoms with van der Waals surface area (Å²) in [6.45, 7) is 0.310. The van der Waals surface area contributed by atoms with Crippen molar-refractivity contribution in [2.75, 3.05) is 5.32 Å². The highest BCUT2D eigenvalue weighted by molar-refractivity contribution is 6.30. The molecule has 0 bridgehead atoms. The number of amidine groups is 1. The molecule has 1 aliphatic carbocycles. The molecule has 2 aromatic rings. The van der Waals surface area contributed by atoms with E-state index in [1.165, 1.54) is 18.3 Å². The van der Waals surface area contributed by atoms with Crippen LogP contribution in [0.2, 0.25) is 5.02 Å². The first kappa shape index (κ1) is 19.6. The molecule has 0 amide bonds. The van der Waals surface area contributed by atoms with Crippen LogP contribution < -0.4 is 11.1 Å². The molecule has 5 nitrogen and oxygen atoms in total. The number of nitrogens with two attached hydrogens (primary N) is 1. The first-order valence-electron chi connectivity index (χ1n) is 9.01. The Kier molecular flexibility index (Phi) is 5.12. The van der Waals surface area contributed by atoms with Crippen LogP contribution in [0.1, 0.15) is 17.7 Å². The molecule has 0 saturated heterocycles. The fourth-order valence-electron chi connectivity index (χ4n) is 3.82. The number of benzene rings is 1. The minimum atomic E-state index is -2.98. The number of aliphatic imine (C=N–C) groups is 1. The normalized spacial score (nSPS) is 25.5. The minimum absolute atomic E-state index is 0.227. The Labute approximate surface area is 170 Å². The number of pyridine rings is 1. The first-order valence-corrected chi connectivity index (χ1v) is 9.39. The molecular weight excluding hydrogens is 405 g/mol. The standard InChI is InChI=1S/C20H18ClF3N4O/c21-11-4-5-13(26-9-11)10-27-12-6-7-16(22)15(8-12)20(18(23)24)14-2-1-3-17(14)29-19(25)28-20/h1-2,4-9,14,17-18,27H,3,10H2,(H2,25,28)/t14-,17+,20-/m0/s1. The molecule has 0 unspecified atom stereocenters. The molecule has 9 heteroatoms. The van der Waals surface area contributed by atoms with E-state index in [2.05, 4.69) is 15.3 Å². The lowest BCUT2D eigenvalue weighted by molar-refractivity contribution is -0.0251. The monoisotopic (exact) mass is 422 g/mol. The quantitative estimate of drug-likeness (QED) is 0.707. The summed E-state index contributed by atoms with van der Waals surface area (Å²) < 4.78 is 49.0. The number of nitrogens with zero attached hydrogens (tertiary/aromatic N) is 2. The number of alkyl halides is 2. The van der Waals surface area contributed by atoms with E-state index < -0.39 is 29.8 Å². The van der Waals surface area contributed by atoms with Crippen LogP contribution in [0.4, 0.5) is 18.9 Å². The summed E-state index contributed by atoms with van der Waals surface area (Å²) >= 11 is 5.82. The molecule has 29 heavy (non-hydrogen) atoms. The van der Waals surface area contributed by atoms with Crippen LogP contribution in [0.5, 0.6) is 0 Å². The lowest BCUT2D eigenvalue weighted by Gasteiger charge is -2.41. The molecule has 1 aliphatic heterocycles. The van der Waals surface area contributed by atoms with Gasteiger partial charge in [0.05, 0.1) is 17.3 Å². The van der Waals surface area contributed by atoms with E-state index in [0.717, 1.165) is 6.07 Å². The topological polar surface area (TPSA) is 72.5 Å². The highest BCUT2D eigenvalue weighted by Gasteiger charge is 2.56. The zero-order valence-corrected chi connectivity index (χ0v) is 15.9. The maximum absolute atomic E-state index is 14.8. The number of aromatic nitrogens is 1. The van der Waals surface area contributed by atoms with Crippen LogP contribution in [0.25, 0.3) is 0 Å². The van der Waals surface area contributed by atoms with Crippen LogP contribution in [-0.2, 0) is 16.8 Å². The summed E-state index contributed by atoms with van der Waals surface area (Å²) in [6.07, 6.45) is 1.67. The van der Waals surface area contributed by atoms with Crippen molar-refractivity contribution in [3.05, 3.63) is 70.8 Å². The Bertz CT molecular complexity index is 967. The third-order valence-corrected chi connectivity index (χ3v) is 5.40. The molecule has 2 aliphatic rings. The Morgan fingerprint density at radius 1 is 1.31 bits per heavy atom. The van der Waals surface area contributed by atoms with Crippen molar-refractivity contribution in [1.82, 2.24) is 4.98 Å². The number of hydrogen-bond donors (Lipinski definition) is 2. The molecule has 152 valence electrons. The van der Waals surface area contributed by atoms with E-state index >= 15 is 0 Å². The van der Waals surface area contributed by atoms with Gasteiger partial charge in [0.2, 0.25) is 0 Å². The Hall–Kier alpha value is -2.74. The highest BCUT2D eigenvalue weighted by atomic mass is 35.5. The summed E-state index contributed by atoms with van der Waals surface area (Å²) in [6, 6.07) is 7.03. The molecule has 3 N–H and O–H groups in total. The maximum Gasteiger partial charge on any atom is 0.283 e. The molecular formula is C20H18ClF3N4O. The number of fused-ring (bicyclic) bond motifs is 1. The van der Waals surface area contributed by atoms with Crippen LogP contribution in [0, 0.1) is 11.7 Å². The van der Waals surface area contributed by atoms with Gasteiger partial charge in [-0.05, 0) is 30.3 Å². The second kappa shape index (κ2) is 7.59. The molecule has 0 saturated carbocycles. The number of halogens is 4. The Balaban J connectivity index is 1.70. The average Bonchev–Trinajstić information content (AvgIpc) is 3.16. The van der Waals surface area contributed by atoms with Crippen LogP contribution in [0.15, 0.2) is 53.7 Å². The van der Waals surface area contributed by atoms with Gasteiger partial charge in [-0.2, -0.15) is 0 Å². The van der Waals surface area contributed by atoms with Crippen molar-refractivity contribution >= 4 is 23.3 Å². The SMILES string of the molecule is NC1=N[C@@](c2cc(NCc3ccc(Cl)cn3)ccc2F)(C(F)F)[C@H]2C=CC[C@H]2O1. The number of hydrogen-bond acceptors (Lipinski definition) is 5. The van der Waals surface area contributed by atoms with E-state index in [9.17, 15) is 13.2 Å². The zero-order chi connectivity index (χ0) is 20.6. The van der Waals surface area contributed by atoms with E-state index in [1.54, 1.807) is 24.3 Å². The summed E-state index contributed by atoms with van der Waals surface area (Å²) in [7, 11) is 0. The first-order chi connectivity index (χ1) is 13.9. The molecule has 0 spiro atoms. The maximum atomic E-state index is 14.8.